The highest BCUT2D eigenvalue weighted by Gasteiger charge is 2.51. The van der Waals surface area contributed by atoms with E-state index >= 15 is 0 Å². The third kappa shape index (κ3) is 4.80. The summed E-state index contributed by atoms with van der Waals surface area (Å²) >= 11 is 0. The summed E-state index contributed by atoms with van der Waals surface area (Å²) in [6.07, 6.45) is -0.296. The Kier molecular flexibility index (Phi) is 5.79. The molecule has 2 rings (SSSR count). The van der Waals surface area contributed by atoms with Gasteiger partial charge in [-0.25, -0.2) is 4.79 Å². The van der Waals surface area contributed by atoms with E-state index < -0.39 is 5.60 Å². The fourth-order valence-corrected chi connectivity index (χ4v) is 2.61. The van der Waals surface area contributed by atoms with Gasteiger partial charge in [0.2, 0.25) is 0 Å². The van der Waals surface area contributed by atoms with E-state index in [1.54, 1.807) is 4.90 Å². The van der Waals surface area contributed by atoms with Gasteiger partial charge in [-0.3, -0.25) is 0 Å². The van der Waals surface area contributed by atoms with Gasteiger partial charge in [-0.05, 0) is 66.4 Å². The van der Waals surface area contributed by atoms with E-state index in [1.807, 2.05) is 79.7 Å². The molecule has 1 heterocycles. The van der Waals surface area contributed by atoms with Crippen LogP contribution in [-0.2, 0) is 20.6 Å². The lowest BCUT2D eigenvalue weighted by atomic mass is 9.79. The molecule has 0 atom stereocenters. The molecule has 0 aliphatic carbocycles. The van der Waals surface area contributed by atoms with Crippen molar-refractivity contribution in [3.8, 4) is 0 Å². The third-order valence-corrected chi connectivity index (χ3v) is 4.91. The molecule has 0 radical (unpaired) electrons. The third-order valence-electron chi connectivity index (χ3n) is 4.91. The number of amides is 1. The number of ether oxygens (including phenoxy) is 1. The quantitative estimate of drug-likeness (QED) is 0.767. The first-order chi connectivity index (χ1) is 11.8. The van der Waals surface area contributed by atoms with Crippen LogP contribution in [0.3, 0.4) is 0 Å². The Hall–Kier alpha value is -1.53. The van der Waals surface area contributed by atoms with Gasteiger partial charge in [-0.15, -0.1) is 0 Å². The first-order valence-corrected chi connectivity index (χ1v) is 9.27. The lowest BCUT2D eigenvalue weighted by Crippen LogP contribution is -2.41. The number of carbonyl (C=O) groups excluding carboxylic acids is 1. The summed E-state index contributed by atoms with van der Waals surface area (Å²) in [5.74, 6) is 0. The van der Waals surface area contributed by atoms with Crippen LogP contribution >= 0.6 is 0 Å². The Morgan fingerprint density at radius 1 is 1.08 bits per heavy atom. The van der Waals surface area contributed by atoms with Crippen LogP contribution in [0.5, 0.6) is 0 Å². The first kappa shape index (κ1) is 20.8. The van der Waals surface area contributed by atoms with Crippen molar-refractivity contribution >= 4 is 18.7 Å². The highest BCUT2D eigenvalue weighted by Crippen LogP contribution is 2.36. The summed E-state index contributed by atoms with van der Waals surface area (Å²) in [7, 11) is -0.373. The molecule has 0 unspecified atom stereocenters. The molecule has 1 amide bonds. The number of nitrogens with zero attached hydrogens (tertiary/aromatic N) is 1. The summed E-state index contributed by atoms with van der Waals surface area (Å²) in [6, 6.07) is 8.02. The summed E-state index contributed by atoms with van der Waals surface area (Å²) in [6.45, 7) is 16.8. The molecule has 1 saturated heterocycles. The molecule has 1 aliphatic heterocycles. The molecule has 0 N–H and O–H groups in total. The van der Waals surface area contributed by atoms with Crippen LogP contribution in [0.1, 0.15) is 61.0 Å². The van der Waals surface area contributed by atoms with Crippen molar-refractivity contribution in [3.63, 3.8) is 0 Å². The molecule has 0 saturated carbocycles. The van der Waals surface area contributed by atoms with Gasteiger partial charge in [0.05, 0.1) is 11.2 Å². The van der Waals surface area contributed by atoms with Crippen molar-refractivity contribution in [1.29, 1.82) is 0 Å². The summed E-state index contributed by atoms with van der Waals surface area (Å²) in [5, 5.41) is 0. The molecule has 1 aliphatic rings. The number of hydrogen-bond donors (Lipinski definition) is 0. The largest absolute Gasteiger partial charge is 0.494 e. The molecule has 1 fully saturated rings. The first-order valence-electron chi connectivity index (χ1n) is 9.27. The Labute approximate surface area is 158 Å². The van der Waals surface area contributed by atoms with Gasteiger partial charge in [0.1, 0.15) is 5.60 Å². The van der Waals surface area contributed by atoms with E-state index in [2.05, 4.69) is 0 Å². The minimum Gasteiger partial charge on any atom is -0.444 e. The second-order valence-corrected chi connectivity index (χ2v) is 8.82. The van der Waals surface area contributed by atoms with E-state index in [9.17, 15) is 4.79 Å². The molecule has 1 aromatic carbocycles. The van der Waals surface area contributed by atoms with Crippen molar-refractivity contribution in [2.45, 2.75) is 78.7 Å². The Morgan fingerprint density at radius 2 is 1.58 bits per heavy atom. The van der Waals surface area contributed by atoms with Gasteiger partial charge < -0.3 is 18.9 Å². The number of hydrogen-bond acceptors (Lipinski definition) is 4. The SMILES string of the molecule is CCN(Cc1ccc(B2OC(C)(C)C(C)(C)O2)cc1)C(=O)OC(C)(C)C. The van der Waals surface area contributed by atoms with Crippen LogP contribution < -0.4 is 5.46 Å². The molecule has 6 heteroatoms. The Balaban J connectivity index is 2.04. The molecular weight excluding hydrogens is 329 g/mol. The smallest absolute Gasteiger partial charge is 0.444 e. The summed E-state index contributed by atoms with van der Waals surface area (Å²) in [5.41, 5.74) is 0.814. The van der Waals surface area contributed by atoms with E-state index in [-0.39, 0.29) is 24.4 Å². The van der Waals surface area contributed by atoms with Crippen LogP contribution in [0.4, 0.5) is 4.79 Å². The van der Waals surface area contributed by atoms with Gasteiger partial charge in [0.15, 0.2) is 0 Å². The van der Waals surface area contributed by atoms with Crippen molar-refractivity contribution in [2.75, 3.05) is 6.54 Å². The molecule has 144 valence electrons. The monoisotopic (exact) mass is 361 g/mol. The topological polar surface area (TPSA) is 48.0 Å². The van der Waals surface area contributed by atoms with E-state index in [1.165, 1.54) is 0 Å². The second-order valence-electron chi connectivity index (χ2n) is 8.82. The fraction of sp³-hybridized carbons (Fsp3) is 0.650. The lowest BCUT2D eigenvalue weighted by Gasteiger charge is -2.32. The van der Waals surface area contributed by atoms with Crippen LogP contribution in [0, 0.1) is 0 Å². The van der Waals surface area contributed by atoms with Crippen LogP contribution in [0.15, 0.2) is 24.3 Å². The lowest BCUT2D eigenvalue weighted by molar-refractivity contribution is 0.00578. The molecule has 5 nitrogen and oxygen atoms in total. The predicted molar refractivity (Wildman–Crippen MR) is 104 cm³/mol. The normalized spacial score (nSPS) is 18.7. The average molecular weight is 361 g/mol. The molecular formula is C20H32BNO4. The highest BCUT2D eigenvalue weighted by atomic mass is 16.7. The maximum absolute atomic E-state index is 12.3. The number of rotatable bonds is 4. The minimum atomic E-state index is -0.495. The number of carbonyl (C=O) groups is 1. The predicted octanol–water partition coefficient (Wildman–Crippen LogP) is 3.74. The summed E-state index contributed by atoms with van der Waals surface area (Å²) < 4.78 is 17.6. The zero-order valence-electron chi connectivity index (χ0n) is 17.4. The molecule has 0 aromatic heterocycles. The fourth-order valence-electron chi connectivity index (χ4n) is 2.61. The molecule has 26 heavy (non-hydrogen) atoms. The minimum absolute atomic E-state index is 0.296. The number of benzene rings is 1. The molecule has 0 bridgehead atoms. The van der Waals surface area contributed by atoms with E-state index in [0.29, 0.717) is 13.1 Å². The van der Waals surface area contributed by atoms with Crippen molar-refractivity contribution < 1.29 is 18.8 Å². The van der Waals surface area contributed by atoms with Gasteiger partial charge in [0.25, 0.3) is 0 Å². The second kappa shape index (κ2) is 7.24. The van der Waals surface area contributed by atoms with Gasteiger partial charge >= 0.3 is 13.2 Å². The van der Waals surface area contributed by atoms with Crippen LogP contribution in [0.2, 0.25) is 0 Å². The van der Waals surface area contributed by atoms with Crippen molar-refractivity contribution in [1.82, 2.24) is 4.90 Å². The highest BCUT2D eigenvalue weighted by molar-refractivity contribution is 6.62. The van der Waals surface area contributed by atoms with Gasteiger partial charge in [-0.1, -0.05) is 24.3 Å². The zero-order chi connectivity index (χ0) is 19.8. The maximum atomic E-state index is 12.3. The Bertz CT molecular complexity index is 618. The molecule has 0 spiro atoms. The zero-order valence-corrected chi connectivity index (χ0v) is 17.4. The standard InChI is InChI=1S/C20H32BNO4/c1-9-22(17(23)24-18(2,3)4)14-15-10-12-16(13-11-15)21-25-19(5,6)20(7,8)26-21/h10-13H,9,14H2,1-8H3. The summed E-state index contributed by atoms with van der Waals surface area (Å²) in [4.78, 5) is 14.0. The van der Waals surface area contributed by atoms with E-state index in [0.717, 1.165) is 11.0 Å². The van der Waals surface area contributed by atoms with Crippen LogP contribution in [0.25, 0.3) is 0 Å². The van der Waals surface area contributed by atoms with E-state index in [4.69, 9.17) is 14.0 Å². The average Bonchev–Trinajstić information content (AvgIpc) is 2.71. The van der Waals surface area contributed by atoms with Crippen molar-refractivity contribution in [3.05, 3.63) is 29.8 Å². The maximum Gasteiger partial charge on any atom is 0.494 e. The van der Waals surface area contributed by atoms with Crippen molar-refractivity contribution in [2.24, 2.45) is 0 Å². The van der Waals surface area contributed by atoms with Gasteiger partial charge in [-0.2, -0.15) is 0 Å². The molecule has 1 aromatic rings. The Morgan fingerprint density at radius 3 is 2.00 bits per heavy atom. The van der Waals surface area contributed by atoms with Gasteiger partial charge in [0, 0.05) is 13.1 Å². The van der Waals surface area contributed by atoms with Crippen LogP contribution in [-0.4, -0.2) is 41.5 Å².